The Morgan fingerprint density at radius 1 is 1.08 bits per heavy atom. The van der Waals surface area contributed by atoms with E-state index in [4.69, 9.17) is 25.5 Å². The molecule has 8 heteroatoms. The first-order valence-electron chi connectivity index (χ1n) is 7.48. The minimum absolute atomic E-state index is 0.0163. The first-order chi connectivity index (χ1) is 12.2. The van der Waals surface area contributed by atoms with Crippen LogP contribution in [-0.2, 0) is 4.79 Å². The van der Waals surface area contributed by atoms with Crippen molar-refractivity contribution in [1.82, 2.24) is 10.2 Å². The molecule has 0 saturated heterocycles. The summed E-state index contributed by atoms with van der Waals surface area (Å²) in [7, 11) is 0. The van der Waals surface area contributed by atoms with Crippen molar-refractivity contribution in [3.05, 3.63) is 53.6 Å². The Labute approximate surface area is 147 Å². The van der Waals surface area contributed by atoms with E-state index in [1.165, 1.54) is 0 Å². The minimum Gasteiger partial charge on any atom is -0.485 e. The van der Waals surface area contributed by atoms with Crippen molar-refractivity contribution < 1.29 is 18.7 Å². The molecule has 0 saturated carbocycles. The summed E-state index contributed by atoms with van der Waals surface area (Å²) in [5.74, 6) is 0.967. The number of aromatic nitrogens is 2. The maximum absolute atomic E-state index is 12.3. The van der Waals surface area contributed by atoms with Crippen molar-refractivity contribution in [2.45, 2.75) is 6.10 Å². The maximum atomic E-state index is 12.3. The second kappa shape index (κ2) is 6.45. The number of carbonyl (C=O) groups is 1. The van der Waals surface area contributed by atoms with E-state index >= 15 is 0 Å². The third kappa shape index (κ3) is 3.27. The molecule has 2 aromatic carbocycles. The highest BCUT2D eigenvalue weighted by atomic mass is 35.5. The lowest BCUT2D eigenvalue weighted by atomic mass is 10.2. The van der Waals surface area contributed by atoms with Crippen molar-refractivity contribution in [3.8, 4) is 23.0 Å². The third-order valence-corrected chi connectivity index (χ3v) is 3.80. The van der Waals surface area contributed by atoms with Gasteiger partial charge in [0.2, 0.25) is 12.0 Å². The van der Waals surface area contributed by atoms with Crippen molar-refractivity contribution in [2.24, 2.45) is 0 Å². The molecule has 1 aromatic heterocycles. The molecule has 1 aliphatic rings. The molecule has 0 unspecified atom stereocenters. The van der Waals surface area contributed by atoms with Gasteiger partial charge in [0.1, 0.15) is 6.61 Å². The molecule has 2 heterocycles. The fourth-order valence-electron chi connectivity index (χ4n) is 2.32. The first kappa shape index (κ1) is 15.5. The molecule has 1 aliphatic heterocycles. The van der Waals surface area contributed by atoms with Gasteiger partial charge in [0.15, 0.2) is 11.5 Å². The number of benzene rings is 2. The van der Waals surface area contributed by atoms with E-state index in [-0.39, 0.29) is 18.5 Å². The van der Waals surface area contributed by atoms with Crippen LogP contribution in [0.15, 0.2) is 52.9 Å². The van der Waals surface area contributed by atoms with Crippen molar-refractivity contribution in [1.29, 1.82) is 0 Å². The molecule has 0 bridgehead atoms. The third-order valence-electron chi connectivity index (χ3n) is 3.55. The lowest BCUT2D eigenvalue weighted by molar-refractivity contribution is -0.125. The zero-order valence-electron chi connectivity index (χ0n) is 12.8. The van der Waals surface area contributed by atoms with E-state index in [0.717, 1.165) is 0 Å². The van der Waals surface area contributed by atoms with Crippen molar-refractivity contribution >= 4 is 23.5 Å². The van der Waals surface area contributed by atoms with Gasteiger partial charge in [-0.3, -0.25) is 10.1 Å². The Morgan fingerprint density at radius 3 is 2.64 bits per heavy atom. The van der Waals surface area contributed by atoms with Gasteiger partial charge in [0.25, 0.3) is 5.91 Å². The number of rotatable bonds is 3. The highest BCUT2D eigenvalue weighted by molar-refractivity contribution is 6.30. The zero-order chi connectivity index (χ0) is 17.2. The molecule has 0 radical (unpaired) electrons. The van der Waals surface area contributed by atoms with E-state index in [1.54, 1.807) is 42.5 Å². The van der Waals surface area contributed by atoms with Gasteiger partial charge in [-0.2, -0.15) is 0 Å². The number of nitrogens with one attached hydrogen (secondary N) is 1. The van der Waals surface area contributed by atoms with Crippen LogP contribution in [0.25, 0.3) is 11.5 Å². The molecule has 0 aliphatic carbocycles. The van der Waals surface area contributed by atoms with Crippen LogP contribution in [0.5, 0.6) is 11.5 Å². The van der Waals surface area contributed by atoms with Crippen LogP contribution in [0.4, 0.5) is 6.01 Å². The van der Waals surface area contributed by atoms with Crippen LogP contribution in [0.1, 0.15) is 0 Å². The maximum Gasteiger partial charge on any atom is 0.322 e. The number of nitrogens with zero attached hydrogens (tertiary/aromatic N) is 2. The van der Waals surface area contributed by atoms with E-state index in [2.05, 4.69) is 15.5 Å². The molecule has 1 amide bonds. The number of ether oxygens (including phenoxy) is 2. The zero-order valence-corrected chi connectivity index (χ0v) is 13.6. The number of hydrogen-bond donors (Lipinski definition) is 1. The Kier molecular flexibility index (Phi) is 3.99. The number of hydrogen-bond acceptors (Lipinski definition) is 6. The lowest BCUT2D eigenvalue weighted by Gasteiger charge is -2.24. The largest absolute Gasteiger partial charge is 0.485 e. The van der Waals surface area contributed by atoms with E-state index in [0.29, 0.717) is 22.1 Å². The lowest BCUT2D eigenvalue weighted by Crippen LogP contribution is -2.40. The molecule has 0 spiro atoms. The van der Waals surface area contributed by atoms with Gasteiger partial charge < -0.3 is 13.9 Å². The monoisotopic (exact) mass is 357 g/mol. The second-order valence-electron chi connectivity index (χ2n) is 5.27. The predicted molar refractivity (Wildman–Crippen MR) is 89.7 cm³/mol. The summed E-state index contributed by atoms with van der Waals surface area (Å²) in [6, 6.07) is 14.1. The number of fused-ring (bicyclic) bond motifs is 1. The standard InChI is InChI=1S/C17H12ClN3O4/c18-11-7-5-10(6-8-11)16-20-21-17(25-16)19-15(22)14-9-23-12-3-1-2-4-13(12)24-14/h1-8,14H,9H2,(H,19,21,22)/t14-/m0/s1. The topological polar surface area (TPSA) is 86.5 Å². The van der Waals surface area contributed by atoms with Crippen LogP contribution in [0.2, 0.25) is 5.02 Å². The average Bonchev–Trinajstić information content (AvgIpc) is 3.10. The average molecular weight is 358 g/mol. The molecule has 126 valence electrons. The Hall–Kier alpha value is -3.06. The molecule has 0 fully saturated rings. The Bertz CT molecular complexity index is 910. The van der Waals surface area contributed by atoms with E-state index in [1.807, 2.05) is 6.07 Å². The number of carbonyl (C=O) groups excluding carboxylic acids is 1. The molecule has 4 rings (SSSR count). The summed E-state index contributed by atoms with van der Waals surface area (Å²) in [6.45, 7) is 0.0982. The van der Waals surface area contributed by atoms with Crippen LogP contribution in [-0.4, -0.2) is 28.8 Å². The molecule has 25 heavy (non-hydrogen) atoms. The van der Waals surface area contributed by atoms with Gasteiger partial charge in [0, 0.05) is 10.6 Å². The summed E-state index contributed by atoms with van der Waals surface area (Å²) in [5.41, 5.74) is 0.698. The van der Waals surface area contributed by atoms with Crippen molar-refractivity contribution in [2.75, 3.05) is 11.9 Å². The van der Waals surface area contributed by atoms with Crippen LogP contribution in [0, 0.1) is 0 Å². The van der Waals surface area contributed by atoms with Crippen molar-refractivity contribution in [3.63, 3.8) is 0 Å². The molecular weight excluding hydrogens is 346 g/mol. The van der Waals surface area contributed by atoms with Gasteiger partial charge in [-0.1, -0.05) is 28.8 Å². The first-order valence-corrected chi connectivity index (χ1v) is 7.85. The van der Waals surface area contributed by atoms with E-state index < -0.39 is 12.0 Å². The molecule has 7 nitrogen and oxygen atoms in total. The smallest absolute Gasteiger partial charge is 0.322 e. The van der Waals surface area contributed by atoms with Gasteiger partial charge in [-0.25, -0.2) is 0 Å². The van der Waals surface area contributed by atoms with Crippen LogP contribution >= 0.6 is 11.6 Å². The number of para-hydroxylation sites is 2. The van der Waals surface area contributed by atoms with Crippen LogP contribution < -0.4 is 14.8 Å². The van der Waals surface area contributed by atoms with E-state index in [9.17, 15) is 4.79 Å². The fourth-order valence-corrected chi connectivity index (χ4v) is 2.44. The highest BCUT2D eigenvalue weighted by Crippen LogP contribution is 2.31. The Balaban J connectivity index is 1.44. The fraction of sp³-hybridized carbons (Fsp3) is 0.118. The molecule has 1 atom stereocenters. The minimum atomic E-state index is -0.805. The summed E-state index contributed by atoms with van der Waals surface area (Å²) in [4.78, 5) is 12.3. The summed E-state index contributed by atoms with van der Waals surface area (Å²) >= 11 is 5.85. The number of halogens is 1. The Morgan fingerprint density at radius 2 is 1.84 bits per heavy atom. The van der Waals surface area contributed by atoms with Gasteiger partial charge in [-0.15, -0.1) is 5.10 Å². The molecule has 1 N–H and O–H groups in total. The van der Waals surface area contributed by atoms with Gasteiger partial charge in [0.05, 0.1) is 0 Å². The summed E-state index contributed by atoms with van der Waals surface area (Å²) in [6.07, 6.45) is -0.805. The molecule has 3 aromatic rings. The summed E-state index contributed by atoms with van der Waals surface area (Å²) in [5, 5.41) is 10.9. The second-order valence-corrected chi connectivity index (χ2v) is 5.71. The molecular formula is C17H12ClN3O4. The van der Waals surface area contributed by atoms with Gasteiger partial charge in [-0.05, 0) is 36.4 Å². The highest BCUT2D eigenvalue weighted by Gasteiger charge is 2.28. The normalized spacial score (nSPS) is 15.6. The predicted octanol–water partition coefficient (Wildman–Crippen LogP) is 3.17. The van der Waals surface area contributed by atoms with Gasteiger partial charge >= 0.3 is 6.01 Å². The van der Waals surface area contributed by atoms with Crippen LogP contribution in [0.3, 0.4) is 0 Å². The number of anilines is 1. The number of amides is 1. The quantitative estimate of drug-likeness (QED) is 0.774. The SMILES string of the molecule is O=C(Nc1nnc(-c2ccc(Cl)cc2)o1)[C@@H]1COc2ccccc2O1. The summed E-state index contributed by atoms with van der Waals surface area (Å²) < 4.78 is 16.6.